The molecule has 0 unspecified atom stereocenters. The van der Waals surface area contributed by atoms with Crippen molar-refractivity contribution in [3.8, 4) is 0 Å². The van der Waals surface area contributed by atoms with Crippen LogP contribution in [-0.2, 0) is 11.2 Å². The van der Waals surface area contributed by atoms with Crippen molar-refractivity contribution < 1.29 is 4.79 Å². The molecule has 0 fully saturated rings. The summed E-state index contributed by atoms with van der Waals surface area (Å²) in [4.78, 5) is 17.1. The lowest BCUT2D eigenvalue weighted by atomic mass is 10.3. The van der Waals surface area contributed by atoms with Crippen LogP contribution < -0.4 is 10.6 Å². The predicted octanol–water partition coefficient (Wildman–Crippen LogP) is 1.95. The molecular formula is C11H19N3OS. The molecule has 0 saturated heterocycles. The number of carbonyl (C=O) groups excluding carboxylic acids is 1. The van der Waals surface area contributed by atoms with Crippen LogP contribution in [0.4, 0.5) is 5.13 Å². The molecule has 1 heterocycles. The lowest BCUT2D eigenvalue weighted by Gasteiger charge is -2.01. The highest BCUT2D eigenvalue weighted by atomic mass is 32.1. The van der Waals surface area contributed by atoms with Crippen LogP contribution in [0.15, 0.2) is 0 Å². The number of anilines is 1. The second-order valence-corrected chi connectivity index (χ2v) is 4.73. The van der Waals surface area contributed by atoms with Crippen molar-refractivity contribution >= 4 is 22.4 Å². The first-order valence-corrected chi connectivity index (χ1v) is 6.45. The van der Waals surface area contributed by atoms with Gasteiger partial charge in [-0.05, 0) is 19.9 Å². The zero-order valence-corrected chi connectivity index (χ0v) is 10.9. The summed E-state index contributed by atoms with van der Waals surface area (Å²) in [6.07, 6.45) is 1.41. The van der Waals surface area contributed by atoms with E-state index < -0.39 is 0 Å². The summed E-state index contributed by atoms with van der Waals surface area (Å²) in [5, 5.41) is 6.66. The summed E-state index contributed by atoms with van der Waals surface area (Å²) in [7, 11) is 0. The standard InChI is InChI=1S/C11H19N3OS/c1-4-9-8(3)16-11(13-9)14-10(15)6-7-12-5-2/h12H,4-7H2,1-3H3,(H,13,14,15). The fourth-order valence-corrected chi connectivity index (χ4v) is 2.29. The van der Waals surface area contributed by atoms with Crippen LogP contribution in [0.1, 0.15) is 30.8 Å². The fourth-order valence-electron chi connectivity index (χ4n) is 1.37. The van der Waals surface area contributed by atoms with Gasteiger partial charge in [0.25, 0.3) is 0 Å². The second kappa shape index (κ2) is 6.60. The fraction of sp³-hybridized carbons (Fsp3) is 0.636. The highest BCUT2D eigenvalue weighted by Crippen LogP contribution is 2.22. The smallest absolute Gasteiger partial charge is 0.227 e. The van der Waals surface area contributed by atoms with Gasteiger partial charge in [0.1, 0.15) is 0 Å². The van der Waals surface area contributed by atoms with E-state index in [1.807, 2.05) is 13.8 Å². The van der Waals surface area contributed by atoms with Gasteiger partial charge >= 0.3 is 0 Å². The molecule has 0 spiro atoms. The predicted molar refractivity (Wildman–Crippen MR) is 68.0 cm³/mol. The van der Waals surface area contributed by atoms with Crippen LogP contribution in [0.3, 0.4) is 0 Å². The number of nitrogens with one attached hydrogen (secondary N) is 2. The van der Waals surface area contributed by atoms with Gasteiger partial charge in [0.05, 0.1) is 5.69 Å². The van der Waals surface area contributed by atoms with Crippen molar-refractivity contribution in [1.29, 1.82) is 0 Å². The van der Waals surface area contributed by atoms with E-state index in [-0.39, 0.29) is 5.91 Å². The molecule has 16 heavy (non-hydrogen) atoms. The van der Waals surface area contributed by atoms with Crippen LogP contribution in [0.2, 0.25) is 0 Å². The quantitative estimate of drug-likeness (QED) is 0.748. The van der Waals surface area contributed by atoms with Gasteiger partial charge in [-0.3, -0.25) is 4.79 Å². The Labute approximate surface area is 100 Å². The molecule has 1 rings (SSSR count). The van der Waals surface area contributed by atoms with Gasteiger partial charge < -0.3 is 10.6 Å². The minimum Gasteiger partial charge on any atom is -0.316 e. The van der Waals surface area contributed by atoms with Crippen molar-refractivity contribution in [3.05, 3.63) is 10.6 Å². The lowest BCUT2D eigenvalue weighted by Crippen LogP contribution is -2.21. The largest absolute Gasteiger partial charge is 0.316 e. The third-order valence-corrected chi connectivity index (χ3v) is 3.18. The normalized spacial score (nSPS) is 10.4. The third-order valence-electron chi connectivity index (χ3n) is 2.25. The molecule has 0 atom stereocenters. The molecule has 5 heteroatoms. The van der Waals surface area contributed by atoms with E-state index in [2.05, 4.69) is 22.5 Å². The molecule has 0 bridgehead atoms. The van der Waals surface area contributed by atoms with E-state index in [0.717, 1.165) is 23.8 Å². The Kier molecular flexibility index (Phi) is 5.42. The van der Waals surface area contributed by atoms with Gasteiger partial charge in [0, 0.05) is 17.8 Å². The van der Waals surface area contributed by atoms with E-state index in [9.17, 15) is 4.79 Å². The van der Waals surface area contributed by atoms with Gasteiger partial charge in [-0.2, -0.15) is 0 Å². The summed E-state index contributed by atoms with van der Waals surface area (Å²) < 4.78 is 0. The lowest BCUT2D eigenvalue weighted by molar-refractivity contribution is -0.116. The second-order valence-electron chi connectivity index (χ2n) is 3.53. The molecule has 90 valence electrons. The van der Waals surface area contributed by atoms with Gasteiger partial charge in [0.15, 0.2) is 5.13 Å². The average molecular weight is 241 g/mol. The van der Waals surface area contributed by atoms with Gasteiger partial charge in [0.2, 0.25) is 5.91 Å². The molecule has 1 aromatic heterocycles. The SMILES string of the molecule is CCNCCC(=O)Nc1nc(CC)c(C)s1. The van der Waals surface area contributed by atoms with E-state index in [4.69, 9.17) is 0 Å². The summed E-state index contributed by atoms with van der Waals surface area (Å²) >= 11 is 1.54. The molecule has 1 aromatic rings. The highest BCUT2D eigenvalue weighted by Gasteiger charge is 2.08. The Bertz CT molecular complexity index is 349. The minimum absolute atomic E-state index is 0.0253. The highest BCUT2D eigenvalue weighted by molar-refractivity contribution is 7.15. The molecule has 1 amide bonds. The number of thiazole rings is 1. The molecule has 4 nitrogen and oxygen atoms in total. The first-order chi connectivity index (χ1) is 7.67. The Morgan fingerprint density at radius 2 is 2.19 bits per heavy atom. The number of carbonyl (C=O) groups is 1. The number of aromatic nitrogens is 1. The molecule has 0 radical (unpaired) electrons. The van der Waals surface area contributed by atoms with Crippen LogP contribution in [0, 0.1) is 6.92 Å². The van der Waals surface area contributed by atoms with Crippen LogP contribution >= 0.6 is 11.3 Å². The van der Waals surface area contributed by atoms with Crippen molar-refractivity contribution in [2.45, 2.75) is 33.6 Å². The topological polar surface area (TPSA) is 54.0 Å². The Hall–Kier alpha value is -0.940. The number of amides is 1. The number of aryl methyl sites for hydroxylation is 2. The maximum absolute atomic E-state index is 11.5. The number of hydrogen-bond acceptors (Lipinski definition) is 4. The monoisotopic (exact) mass is 241 g/mol. The molecule has 0 aliphatic heterocycles. The zero-order chi connectivity index (χ0) is 12.0. The molecule has 0 aliphatic rings. The minimum atomic E-state index is 0.0253. The number of nitrogens with zero attached hydrogens (tertiary/aromatic N) is 1. The van der Waals surface area contributed by atoms with Crippen LogP contribution in [0.25, 0.3) is 0 Å². The molecule has 0 aliphatic carbocycles. The van der Waals surface area contributed by atoms with E-state index >= 15 is 0 Å². The average Bonchev–Trinajstić information content (AvgIpc) is 2.59. The van der Waals surface area contributed by atoms with Crippen molar-refractivity contribution in [1.82, 2.24) is 10.3 Å². The summed E-state index contributed by atoms with van der Waals surface area (Å²) in [5.41, 5.74) is 1.08. The maximum Gasteiger partial charge on any atom is 0.227 e. The first-order valence-electron chi connectivity index (χ1n) is 5.64. The van der Waals surface area contributed by atoms with E-state index in [1.165, 1.54) is 4.88 Å². The molecule has 0 aromatic carbocycles. The van der Waals surface area contributed by atoms with Crippen LogP contribution in [0.5, 0.6) is 0 Å². The Morgan fingerprint density at radius 3 is 2.75 bits per heavy atom. The van der Waals surface area contributed by atoms with Gasteiger partial charge in [-0.1, -0.05) is 13.8 Å². The number of hydrogen-bond donors (Lipinski definition) is 2. The van der Waals surface area contributed by atoms with Gasteiger partial charge in [-0.25, -0.2) is 4.98 Å². The summed E-state index contributed by atoms with van der Waals surface area (Å²) in [6.45, 7) is 7.73. The summed E-state index contributed by atoms with van der Waals surface area (Å²) in [6, 6.07) is 0. The summed E-state index contributed by atoms with van der Waals surface area (Å²) in [5.74, 6) is 0.0253. The van der Waals surface area contributed by atoms with E-state index in [1.54, 1.807) is 11.3 Å². The third kappa shape index (κ3) is 3.90. The zero-order valence-electron chi connectivity index (χ0n) is 10.1. The van der Waals surface area contributed by atoms with Crippen molar-refractivity contribution in [2.24, 2.45) is 0 Å². The van der Waals surface area contributed by atoms with Crippen molar-refractivity contribution in [3.63, 3.8) is 0 Å². The van der Waals surface area contributed by atoms with E-state index in [0.29, 0.717) is 13.0 Å². The molecule has 0 saturated carbocycles. The van der Waals surface area contributed by atoms with Crippen LogP contribution in [-0.4, -0.2) is 24.0 Å². The van der Waals surface area contributed by atoms with Gasteiger partial charge in [-0.15, -0.1) is 11.3 Å². The number of rotatable bonds is 6. The molecule has 2 N–H and O–H groups in total. The maximum atomic E-state index is 11.5. The Balaban J connectivity index is 2.43. The van der Waals surface area contributed by atoms with Crippen molar-refractivity contribution in [2.75, 3.05) is 18.4 Å². The molecular weight excluding hydrogens is 222 g/mol. The first kappa shape index (κ1) is 13.1. The Morgan fingerprint density at radius 1 is 1.44 bits per heavy atom.